The predicted octanol–water partition coefficient (Wildman–Crippen LogP) is 5.93. The Labute approximate surface area is 215 Å². The van der Waals surface area contributed by atoms with E-state index in [4.69, 9.17) is 31.2 Å². The number of rotatable bonds is 6. The fourth-order valence-electron chi connectivity index (χ4n) is 4.42. The zero-order chi connectivity index (χ0) is 25.2. The minimum Gasteiger partial charge on any atom is -0.493 e. The molecule has 0 saturated heterocycles. The maximum absolute atomic E-state index is 5.86. The molecule has 0 aliphatic carbocycles. The van der Waals surface area contributed by atoms with Crippen LogP contribution in [0.4, 0.5) is 5.69 Å². The van der Waals surface area contributed by atoms with Crippen molar-refractivity contribution in [1.82, 2.24) is 15.5 Å². The lowest BCUT2D eigenvalue weighted by atomic mass is 9.94. The van der Waals surface area contributed by atoms with Crippen molar-refractivity contribution in [2.45, 2.75) is 19.9 Å². The molecule has 0 amide bonds. The molecule has 0 bridgehead atoms. The Kier molecular flexibility index (Phi) is 6.43. The fourth-order valence-corrected chi connectivity index (χ4v) is 4.78. The van der Waals surface area contributed by atoms with Gasteiger partial charge in [-0.25, -0.2) is 0 Å². The van der Waals surface area contributed by atoms with Crippen LogP contribution in [0.3, 0.4) is 0 Å². The largest absolute Gasteiger partial charge is 0.493 e. The summed E-state index contributed by atoms with van der Waals surface area (Å²) in [5.41, 5.74) is 5.61. The third-order valence-electron chi connectivity index (χ3n) is 6.17. The highest BCUT2D eigenvalue weighted by Gasteiger charge is 2.35. The molecule has 1 unspecified atom stereocenters. The van der Waals surface area contributed by atoms with Crippen molar-refractivity contribution in [3.05, 3.63) is 95.5 Å². The zero-order valence-electron chi connectivity index (χ0n) is 20.5. The molecule has 1 aromatic heterocycles. The molecule has 1 aliphatic heterocycles. The van der Waals surface area contributed by atoms with Gasteiger partial charge in [0.2, 0.25) is 5.82 Å². The van der Waals surface area contributed by atoms with Crippen LogP contribution in [0, 0.1) is 6.92 Å². The van der Waals surface area contributed by atoms with Crippen molar-refractivity contribution in [3.8, 4) is 22.9 Å². The van der Waals surface area contributed by atoms with Crippen LogP contribution in [-0.4, -0.2) is 29.5 Å². The quantitative estimate of drug-likeness (QED) is 0.328. The predicted molar refractivity (Wildman–Crippen MR) is 144 cm³/mol. The SMILES string of the molecule is COc1ccc(C2NC(=S)N(c3cccc(C)c3)C(C)=C2c2nc(-c3ccccc3)no2)cc1OC. The van der Waals surface area contributed by atoms with E-state index in [0.29, 0.717) is 28.3 Å². The van der Waals surface area contributed by atoms with Gasteiger partial charge in [-0.3, -0.25) is 4.90 Å². The normalized spacial score (nSPS) is 15.6. The summed E-state index contributed by atoms with van der Waals surface area (Å²) < 4.78 is 16.8. The van der Waals surface area contributed by atoms with Crippen molar-refractivity contribution in [2.75, 3.05) is 19.1 Å². The van der Waals surface area contributed by atoms with Gasteiger partial charge in [-0.2, -0.15) is 4.98 Å². The second-order valence-corrected chi connectivity index (χ2v) is 8.85. The molecule has 1 aliphatic rings. The summed E-state index contributed by atoms with van der Waals surface area (Å²) in [5.74, 6) is 2.20. The van der Waals surface area contributed by atoms with Crippen LogP contribution in [0.2, 0.25) is 0 Å². The lowest BCUT2D eigenvalue weighted by Gasteiger charge is -2.37. The number of ether oxygens (including phenoxy) is 2. The number of allylic oxidation sites excluding steroid dienone is 1. The lowest BCUT2D eigenvalue weighted by Crippen LogP contribution is -2.46. The van der Waals surface area contributed by atoms with Gasteiger partial charge in [0.15, 0.2) is 16.6 Å². The highest BCUT2D eigenvalue weighted by Crippen LogP contribution is 2.41. The molecule has 0 saturated carbocycles. The Morgan fingerprint density at radius 3 is 2.42 bits per heavy atom. The number of anilines is 1. The summed E-state index contributed by atoms with van der Waals surface area (Å²) in [6.45, 7) is 4.07. The van der Waals surface area contributed by atoms with Gasteiger partial charge < -0.3 is 19.3 Å². The van der Waals surface area contributed by atoms with Crippen molar-refractivity contribution in [2.24, 2.45) is 0 Å². The smallest absolute Gasteiger partial charge is 0.258 e. The highest BCUT2D eigenvalue weighted by molar-refractivity contribution is 7.80. The Hall–Kier alpha value is -4.17. The molecule has 0 fully saturated rings. The van der Waals surface area contributed by atoms with E-state index in [1.807, 2.05) is 72.5 Å². The molecule has 0 radical (unpaired) electrons. The van der Waals surface area contributed by atoms with Crippen LogP contribution >= 0.6 is 12.2 Å². The van der Waals surface area contributed by atoms with Gasteiger partial charge in [0.25, 0.3) is 5.89 Å². The molecule has 1 N–H and O–H groups in total. The number of benzene rings is 3. The topological polar surface area (TPSA) is 72.7 Å². The molecular weight excluding hydrogens is 472 g/mol. The summed E-state index contributed by atoms with van der Waals surface area (Å²) >= 11 is 5.86. The van der Waals surface area contributed by atoms with E-state index in [1.54, 1.807) is 14.2 Å². The molecule has 36 heavy (non-hydrogen) atoms. The number of nitrogens with one attached hydrogen (secondary N) is 1. The van der Waals surface area contributed by atoms with Crippen molar-refractivity contribution in [1.29, 1.82) is 0 Å². The van der Waals surface area contributed by atoms with Crippen molar-refractivity contribution < 1.29 is 14.0 Å². The number of hydrogen-bond donors (Lipinski definition) is 1. The second-order valence-electron chi connectivity index (χ2n) is 8.46. The van der Waals surface area contributed by atoms with E-state index in [1.165, 1.54) is 0 Å². The van der Waals surface area contributed by atoms with E-state index >= 15 is 0 Å². The van der Waals surface area contributed by atoms with E-state index in [-0.39, 0.29) is 6.04 Å². The standard InChI is InChI=1S/C28H26N4O3S/c1-17-9-8-12-21(15-17)32-18(2)24(27-30-26(31-35-27)19-10-6-5-7-11-19)25(29-28(32)36)20-13-14-22(33-3)23(16-20)34-4/h5-16,25H,1-4H3,(H,29,36). The van der Waals surface area contributed by atoms with Gasteiger partial charge in [-0.15, -0.1) is 0 Å². The number of nitrogens with zero attached hydrogens (tertiary/aromatic N) is 3. The monoisotopic (exact) mass is 498 g/mol. The van der Waals surface area contributed by atoms with Crippen molar-refractivity contribution >= 4 is 28.6 Å². The van der Waals surface area contributed by atoms with E-state index < -0.39 is 0 Å². The Morgan fingerprint density at radius 2 is 1.69 bits per heavy atom. The Bertz CT molecular complexity index is 1450. The fraction of sp³-hybridized carbons (Fsp3) is 0.179. The molecule has 0 spiro atoms. The van der Waals surface area contributed by atoms with Gasteiger partial charge in [0.05, 0.1) is 25.8 Å². The van der Waals surface area contributed by atoms with Gasteiger partial charge in [-0.05, 0) is 61.5 Å². The third kappa shape index (κ3) is 4.31. The van der Waals surface area contributed by atoms with Gasteiger partial charge in [-0.1, -0.05) is 53.7 Å². The molecular formula is C28H26N4O3S. The zero-order valence-corrected chi connectivity index (χ0v) is 21.3. The van der Waals surface area contributed by atoms with Gasteiger partial charge >= 0.3 is 0 Å². The highest BCUT2D eigenvalue weighted by atomic mass is 32.1. The van der Waals surface area contributed by atoms with Crippen LogP contribution in [0.15, 0.2) is 83.0 Å². The van der Waals surface area contributed by atoms with E-state index in [0.717, 1.165) is 33.6 Å². The maximum atomic E-state index is 5.86. The average molecular weight is 499 g/mol. The van der Waals surface area contributed by atoms with Crippen LogP contribution in [0.5, 0.6) is 11.5 Å². The first-order valence-corrected chi connectivity index (χ1v) is 11.9. The first-order valence-electron chi connectivity index (χ1n) is 11.5. The van der Waals surface area contributed by atoms with E-state index in [2.05, 4.69) is 29.5 Å². The van der Waals surface area contributed by atoms with Crippen LogP contribution in [0.25, 0.3) is 17.0 Å². The average Bonchev–Trinajstić information content (AvgIpc) is 3.38. The Balaban J connectivity index is 1.67. The van der Waals surface area contributed by atoms with Gasteiger partial charge in [0, 0.05) is 16.9 Å². The number of thiocarbonyl (C=S) groups is 1. The minimum atomic E-state index is -0.345. The van der Waals surface area contributed by atoms with Crippen LogP contribution < -0.4 is 19.7 Å². The second kappa shape index (κ2) is 9.83. The summed E-state index contributed by atoms with van der Waals surface area (Å²) in [4.78, 5) is 6.78. The molecule has 7 nitrogen and oxygen atoms in total. The molecule has 182 valence electrons. The summed E-state index contributed by atoms with van der Waals surface area (Å²) in [6.07, 6.45) is 0. The Morgan fingerprint density at radius 1 is 0.917 bits per heavy atom. The number of methoxy groups -OCH3 is 2. The van der Waals surface area contributed by atoms with Crippen molar-refractivity contribution in [3.63, 3.8) is 0 Å². The first-order chi connectivity index (χ1) is 17.5. The number of aryl methyl sites for hydroxylation is 1. The van der Waals surface area contributed by atoms with Crippen LogP contribution in [-0.2, 0) is 0 Å². The number of aromatic nitrogens is 2. The molecule has 4 aromatic rings. The third-order valence-corrected chi connectivity index (χ3v) is 6.47. The molecule has 3 aromatic carbocycles. The molecule has 2 heterocycles. The molecule has 1 atom stereocenters. The van der Waals surface area contributed by atoms with Crippen LogP contribution in [0.1, 0.15) is 30.0 Å². The summed E-state index contributed by atoms with van der Waals surface area (Å²) in [7, 11) is 3.23. The molecule has 8 heteroatoms. The minimum absolute atomic E-state index is 0.345. The summed E-state index contributed by atoms with van der Waals surface area (Å²) in [5, 5.41) is 8.34. The molecule has 5 rings (SSSR count). The summed E-state index contributed by atoms with van der Waals surface area (Å²) in [6, 6.07) is 23.4. The lowest BCUT2D eigenvalue weighted by molar-refractivity contribution is 0.354. The first kappa shape index (κ1) is 23.6. The van der Waals surface area contributed by atoms with E-state index in [9.17, 15) is 0 Å². The maximum Gasteiger partial charge on any atom is 0.258 e. The number of hydrogen-bond acceptors (Lipinski definition) is 6. The van der Waals surface area contributed by atoms with Gasteiger partial charge in [0.1, 0.15) is 0 Å².